The first-order chi connectivity index (χ1) is 11.1. The molecule has 2 fully saturated rings. The van der Waals surface area contributed by atoms with Gasteiger partial charge in [-0.25, -0.2) is 0 Å². The van der Waals surface area contributed by atoms with Crippen LogP contribution in [0.15, 0.2) is 24.5 Å². The normalized spacial score (nSPS) is 25.4. The highest BCUT2D eigenvalue weighted by atomic mass is 16.5. The Hall–Kier alpha value is -1.50. The zero-order chi connectivity index (χ0) is 16.2. The van der Waals surface area contributed by atoms with Crippen LogP contribution in [0.1, 0.15) is 5.56 Å². The van der Waals surface area contributed by atoms with E-state index in [1.54, 1.807) is 12.4 Å². The van der Waals surface area contributed by atoms with E-state index >= 15 is 0 Å². The van der Waals surface area contributed by atoms with Crippen LogP contribution in [0.4, 0.5) is 0 Å². The van der Waals surface area contributed by atoms with Gasteiger partial charge in [0, 0.05) is 44.5 Å². The summed E-state index contributed by atoms with van der Waals surface area (Å²) in [5.41, 5.74) is 1.17. The largest absolute Gasteiger partial charge is 0.379 e. The van der Waals surface area contributed by atoms with E-state index in [4.69, 9.17) is 4.74 Å². The summed E-state index contributed by atoms with van der Waals surface area (Å²) >= 11 is 0. The van der Waals surface area contributed by atoms with Crippen molar-refractivity contribution in [2.45, 2.75) is 12.6 Å². The number of carbonyl (C=O) groups excluding carboxylic acids is 1. The molecule has 23 heavy (non-hydrogen) atoms. The van der Waals surface area contributed by atoms with Crippen molar-refractivity contribution in [2.24, 2.45) is 5.92 Å². The standard InChI is InChI=1S/C17H26N4O2/c1-19-8-15-9-21(16(10-19)13-23-12-15)17(22)11-20(2)7-14-3-5-18-6-4-14/h3-6,15-16H,7-13H2,1-2H3/t15-,16-/m0/s1. The zero-order valence-electron chi connectivity index (χ0n) is 14.0. The Labute approximate surface area is 138 Å². The molecule has 2 bridgehead atoms. The highest BCUT2D eigenvalue weighted by molar-refractivity contribution is 5.78. The molecule has 3 heterocycles. The number of fused-ring (bicyclic) bond motifs is 3. The van der Waals surface area contributed by atoms with Gasteiger partial charge in [-0.2, -0.15) is 0 Å². The van der Waals surface area contributed by atoms with Crippen LogP contribution in [-0.4, -0.2) is 85.1 Å². The van der Waals surface area contributed by atoms with Crippen molar-refractivity contribution in [3.8, 4) is 0 Å². The number of hydrogen-bond donors (Lipinski definition) is 0. The summed E-state index contributed by atoms with van der Waals surface area (Å²) < 4.78 is 5.75. The molecule has 0 N–H and O–H groups in total. The third kappa shape index (κ3) is 4.28. The summed E-state index contributed by atoms with van der Waals surface area (Å²) in [5.74, 6) is 0.624. The SMILES string of the molecule is CN(CC(=O)N1C[C@H]2COC[C@@H]1CN(C)C2)Cc1ccncc1. The predicted molar refractivity (Wildman–Crippen MR) is 87.9 cm³/mol. The summed E-state index contributed by atoms with van der Waals surface area (Å²) in [6.45, 7) is 5.33. The molecule has 0 aromatic carbocycles. The molecule has 0 aliphatic carbocycles. The topological polar surface area (TPSA) is 48.9 Å². The van der Waals surface area contributed by atoms with Crippen molar-refractivity contribution < 1.29 is 9.53 Å². The summed E-state index contributed by atoms with van der Waals surface area (Å²) in [6, 6.07) is 4.15. The van der Waals surface area contributed by atoms with Crippen LogP contribution in [-0.2, 0) is 16.1 Å². The van der Waals surface area contributed by atoms with E-state index in [0.29, 0.717) is 19.1 Å². The number of rotatable bonds is 4. The number of hydrogen-bond acceptors (Lipinski definition) is 5. The maximum atomic E-state index is 12.8. The third-order valence-corrected chi connectivity index (χ3v) is 4.58. The Kier molecular flexibility index (Phi) is 5.25. The molecule has 6 nitrogen and oxygen atoms in total. The fourth-order valence-electron chi connectivity index (χ4n) is 3.56. The number of pyridine rings is 1. The van der Waals surface area contributed by atoms with Crippen LogP contribution in [0.25, 0.3) is 0 Å². The van der Waals surface area contributed by atoms with Crippen molar-refractivity contribution in [1.82, 2.24) is 19.7 Å². The molecule has 0 unspecified atom stereocenters. The first-order valence-electron chi connectivity index (χ1n) is 8.25. The van der Waals surface area contributed by atoms with E-state index in [9.17, 15) is 4.79 Å². The Bertz CT molecular complexity index is 525. The molecule has 1 amide bonds. The molecule has 2 aliphatic heterocycles. The number of ether oxygens (including phenoxy) is 1. The van der Waals surface area contributed by atoms with E-state index in [1.165, 1.54) is 5.56 Å². The minimum Gasteiger partial charge on any atom is -0.379 e. The van der Waals surface area contributed by atoms with Crippen LogP contribution in [0.5, 0.6) is 0 Å². The highest BCUT2D eigenvalue weighted by Crippen LogP contribution is 2.19. The van der Waals surface area contributed by atoms with Crippen LogP contribution in [0.3, 0.4) is 0 Å². The Morgan fingerprint density at radius 3 is 2.87 bits per heavy atom. The van der Waals surface area contributed by atoms with E-state index < -0.39 is 0 Å². The van der Waals surface area contributed by atoms with Gasteiger partial charge in [0.1, 0.15) is 0 Å². The summed E-state index contributed by atoms with van der Waals surface area (Å²) in [6.07, 6.45) is 3.58. The van der Waals surface area contributed by atoms with Gasteiger partial charge in [0.15, 0.2) is 0 Å². The third-order valence-electron chi connectivity index (χ3n) is 4.58. The molecule has 0 spiro atoms. The number of amides is 1. The Morgan fingerprint density at radius 1 is 1.30 bits per heavy atom. The molecule has 3 rings (SSSR count). The molecule has 2 atom stereocenters. The molecule has 0 radical (unpaired) electrons. The van der Waals surface area contributed by atoms with Crippen LogP contribution in [0, 0.1) is 5.92 Å². The van der Waals surface area contributed by atoms with Gasteiger partial charge in [0.25, 0.3) is 0 Å². The maximum absolute atomic E-state index is 12.8. The predicted octanol–water partition coefficient (Wildman–Crippen LogP) is 0.302. The Balaban J connectivity index is 1.60. The van der Waals surface area contributed by atoms with Crippen molar-refractivity contribution in [1.29, 1.82) is 0 Å². The van der Waals surface area contributed by atoms with Crippen molar-refractivity contribution in [3.63, 3.8) is 0 Å². The minimum absolute atomic E-state index is 0.175. The number of carbonyl (C=O) groups is 1. The van der Waals surface area contributed by atoms with E-state index in [1.807, 2.05) is 24.1 Å². The number of nitrogens with zero attached hydrogens (tertiary/aromatic N) is 4. The first-order valence-corrected chi connectivity index (χ1v) is 8.25. The van der Waals surface area contributed by atoms with Gasteiger partial charge in [0.05, 0.1) is 25.8 Å². The average molecular weight is 318 g/mol. The van der Waals surface area contributed by atoms with Gasteiger partial charge in [0.2, 0.25) is 5.91 Å². The second-order valence-corrected chi connectivity index (χ2v) is 6.85. The van der Waals surface area contributed by atoms with Crippen LogP contribution >= 0.6 is 0 Å². The van der Waals surface area contributed by atoms with E-state index in [-0.39, 0.29) is 11.9 Å². The number of likely N-dealkylation sites (N-methyl/N-ethyl adjacent to an activating group) is 2. The fraction of sp³-hybridized carbons (Fsp3) is 0.647. The fourth-order valence-corrected chi connectivity index (χ4v) is 3.56. The highest BCUT2D eigenvalue weighted by Gasteiger charge is 2.34. The molecule has 126 valence electrons. The molecule has 1 aromatic heterocycles. The number of aromatic nitrogens is 1. The lowest BCUT2D eigenvalue weighted by Gasteiger charge is -2.31. The summed E-state index contributed by atoms with van der Waals surface area (Å²) in [5, 5.41) is 0. The Morgan fingerprint density at radius 2 is 2.09 bits per heavy atom. The van der Waals surface area contributed by atoms with Gasteiger partial charge in [-0.05, 0) is 31.8 Å². The molecular formula is C17H26N4O2. The van der Waals surface area contributed by atoms with Gasteiger partial charge in [-0.3, -0.25) is 14.7 Å². The van der Waals surface area contributed by atoms with Gasteiger partial charge >= 0.3 is 0 Å². The minimum atomic E-state index is 0.175. The molecule has 1 aromatic rings. The quantitative estimate of drug-likeness (QED) is 0.799. The second kappa shape index (κ2) is 7.38. The summed E-state index contributed by atoms with van der Waals surface area (Å²) in [7, 11) is 4.12. The first kappa shape index (κ1) is 16.4. The van der Waals surface area contributed by atoms with Gasteiger partial charge in [-0.1, -0.05) is 0 Å². The summed E-state index contributed by atoms with van der Waals surface area (Å²) in [4.78, 5) is 23.3. The van der Waals surface area contributed by atoms with Crippen LogP contribution < -0.4 is 0 Å². The zero-order valence-corrected chi connectivity index (χ0v) is 14.0. The van der Waals surface area contributed by atoms with Gasteiger partial charge < -0.3 is 14.5 Å². The lowest BCUT2D eigenvalue weighted by Crippen LogP contribution is -2.48. The van der Waals surface area contributed by atoms with E-state index in [2.05, 4.69) is 21.8 Å². The molecule has 2 saturated heterocycles. The second-order valence-electron chi connectivity index (χ2n) is 6.85. The molecule has 2 aliphatic rings. The maximum Gasteiger partial charge on any atom is 0.237 e. The molecule has 0 saturated carbocycles. The average Bonchev–Trinajstić information content (AvgIpc) is 2.78. The van der Waals surface area contributed by atoms with Crippen molar-refractivity contribution >= 4 is 5.91 Å². The van der Waals surface area contributed by atoms with E-state index in [0.717, 1.165) is 32.8 Å². The van der Waals surface area contributed by atoms with Crippen molar-refractivity contribution in [3.05, 3.63) is 30.1 Å². The van der Waals surface area contributed by atoms with Crippen LogP contribution in [0.2, 0.25) is 0 Å². The lowest BCUT2D eigenvalue weighted by atomic mass is 10.1. The monoisotopic (exact) mass is 318 g/mol. The molecular weight excluding hydrogens is 292 g/mol. The molecule has 6 heteroatoms. The lowest BCUT2D eigenvalue weighted by molar-refractivity contribution is -0.134. The van der Waals surface area contributed by atoms with Crippen molar-refractivity contribution in [2.75, 3.05) is 53.5 Å². The van der Waals surface area contributed by atoms with Gasteiger partial charge in [-0.15, -0.1) is 0 Å². The smallest absolute Gasteiger partial charge is 0.237 e.